The Kier molecular flexibility index (Phi) is 6.79. The minimum Gasteiger partial charge on any atom is -0.495 e. The van der Waals surface area contributed by atoms with Crippen molar-refractivity contribution in [1.82, 2.24) is 0 Å². The van der Waals surface area contributed by atoms with E-state index in [9.17, 15) is 13.2 Å². The van der Waals surface area contributed by atoms with E-state index < -0.39 is 16.2 Å². The lowest BCUT2D eigenvalue weighted by Crippen LogP contribution is -2.15. The Hall–Kier alpha value is -1.84. The summed E-state index contributed by atoms with van der Waals surface area (Å²) in [6.07, 6.45) is 5.54. The van der Waals surface area contributed by atoms with Crippen molar-refractivity contribution >= 4 is 15.9 Å². The average molecular weight is 338 g/mol. The highest BCUT2D eigenvalue weighted by atomic mass is 32.2. The first kappa shape index (κ1) is 19.2. The van der Waals surface area contributed by atoms with Crippen molar-refractivity contribution in [3.63, 3.8) is 0 Å². The van der Waals surface area contributed by atoms with Crippen molar-refractivity contribution in [3.05, 3.63) is 23.3 Å². The van der Waals surface area contributed by atoms with Crippen molar-refractivity contribution in [2.24, 2.45) is 0 Å². The van der Waals surface area contributed by atoms with E-state index in [0.29, 0.717) is 24.0 Å². The number of hydrogen-bond donors (Lipinski definition) is 0. The molecule has 0 aromatic heterocycles. The number of ether oxygens (including phenoxy) is 1. The molecule has 1 rings (SSSR count). The molecule has 6 heteroatoms. The maximum Gasteiger partial charge on any atom is 0.301 e. The summed E-state index contributed by atoms with van der Waals surface area (Å²) in [6, 6.07) is 3.21. The summed E-state index contributed by atoms with van der Waals surface area (Å²) in [5.41, 5.74) is 1.16. The number of terminal acetylenes is 1. The minimum atomic E-state index is -3.93. The molecule has 0 heterocycles. The lowest BCUT2D eigenvalue weighted by atomic mass is 10.0. The second kappa shape index (κ2) is 8.14. The summed E-state index contributed by atoms with van der Waals surface area (Å²) in [4.78, 5) is 11.8. The zero-order chi connectivity index (χ0) is 17.6. The van der Waals surface area contributed by atoms with Crippen molar-refractivity contribution < 1.29 is 22.1 Å². The molecule has 0 aliphatic heterocycles. The van der Waals surface area contributed by atoms with Crippen LogP contribution in [-0.2, 0) is 25.5 Å². The van der Waals surface area contributed by atoms with Gasteiger partial charge in [0.1, 0.15) is 16.4 Å². The largest absolute Gasteiger partial charge is 0.495 e. The van der Waals surface area contributed by atoms with Gasteiger partial charge in [-0.05, 0) is 38.0 Å². The molecule has 0 aliphatic rings. The van der Waals surface area contributed by atoms with Crippen LogP contribution >= 0.6 is 0 Å². The fourth-order valence-corrected chi connectivity index (χ4v) is 3.66. The number of carbonyl (C=O) groups excluding carboxylic acids is 1. The van der Waals surface area contributed by atoms with Gasteiger partial charge in [0.2, 0.25) is 0 Å². The molecule has 0 saturated heterocycles. The van der Waals surface area contributed by atoms with E-state index in [-0.39, 0.29) is 22.8 Å². The van der Waals surface area contributed by atoms with Gasteiger partial charge in [-0.25, -0.2) is 0 Å². The summed E-state index contributed by atoms with van der Waals surface area (Å²) in [7, 11) is -2.55. The summed E-state index contributed by atoms with van der Waals surface area (Å²) in [6.45, 7) is 4.92. The van der Waals surface area contributed by atoms with E-state index >= 15 is 0 Å². The summed E-state index contributed by atoms with van der Waals surface area (Å²) in [5, 5.41) is 0. The molecule has 126 valence electrons. The average Bonchev–Trinajstić information content (AvgIpc) is 2.42. The van der Waals surface area contributed by atoms with Crippen LogP contribution in [0.15, 0.2) is 17.0 Å². The van der Waals surface area contributed by atoms with Crippen LogP contribution in [0.25, 0.3) is 0 Å². The molecule has 0 spiro atoms. The fraction of sp³-hybridized carbons (Fsp3) is 0.471. The van der Waals surface area contributed by atoms with Gasteiger partial charge in [0.25, 0.3) is 0 Å². The number of Topliss-reactive ketones (excluding diaryl/α,β-unsaturated/α-hetero) is 1. The Morgan fingerprint density at radius 1 is 1.35 bits per heavy atom. The summed E-state index contributed by atoms with van der Waals surface area (Å²) >= 11 is 0. The van der Waals surface area contributed by atoms with Crippen LogP contribution in [0.2, 0.25) is 0 Å². The Morgan fingerprint density at radius 2 is 2.00 bits per heavy atom. The standard InChI is InChI=1S/C17H22O5S/c1-6-7-8-15(18)10-14-9-13(4)17(16(11-14)21-5)23(19,20)22-12(2)3/h1,9,11-12H,7-8,10H2,2-5H3. The molecule has 0 fully saturated rings. The van der Waals surface area contributed by atoms with Crippen molar-refractivity contribution in [3.8, 4) is 18.1 Å². The van der Waals surface area contributed by atoms with Gasteiger partial charge < -0.3 is 4.74 Å². The maximum absolute atomic E-state index is 12.3. The molecule has 0 amide bonds. The van der Waals surface area contributed by atoms with Gasteiger partial charge in [0.15, 0.2) is 0 Å². The maximum atomic E-state index is 12.3. The lowest BCUT2D eigenvalue weighted by molar-refractivity contribution is -0.118. The molecule has 0 radical (unpaired) electrons. The first-order chi connectivity index (χ1) is 10.7. The highest BCUT2D eigenvalue weighted by molar-refractivity contribution is 7.87. The number of carbonyl (C=O) groups is 1. The van der Waals surface area contributed by atoms with Gasteiger partial charge in [-0.15, -0.1) is 12.3 Å². The Labute approximate surface area is 138 Å². The Morgan fingerprint density at radius 3 is 2.52 bits per heavy atom. The quantitative estimate of drug-likeness (QED) is 0.538. The molecule has 5 nitrogen and oxygen atoms in total. The SMILES string of the molecule is C#CCCC(=O)Cc1cc(C)c(S(=O)(=O)OC(C)C)c(OC)c1. The molecule has 0 aliphatic carbocycles. The predicted molar refractivity (Wildman–Crippen MR) is 87.9 cm³/mol. The molecular weight excluding hydrogens is 316 g/mol. The van der Waals surface area contributed by atoms with E-state index in [1.54, 1.807) is 32.9 Å². The number of hydrogen-bond acceptors (Lipinski definition) is 5. The van der Waals surface area contributed by atoms with Crippen molar-refractivity contribution in [2.45, 2.75) is 51.0 Å². The second-order valence-corrected chi connectivity index (χ2v) is 6.97. The molecule has 0 atom stereocenters. The zero-order valence-corrected chi connectivity index (χ0v) is 14.7. The van der Waals surface area contributed by atoms with Crippen LogP contribution < -0.4 is 4.74 Å². The van der Waals surface area contributed by atoms with Crippen LogP contribution in [0, 0.1) is 19.3 Å². The lowest BCUT2D eigenvalue weighted by Gasteiger charge is -2.15. The Bertz CT molecular complexity index is 711. The highest BCUT2D eigenvalue weighted by Crippen LogP contribution is 2.31. The third-order valence-corrected chi connectivity index (χ3v) is 4.70. The monoisotopic (exact) mass is 338 g/mol. The highest BCUT2D eigenvalue weighted by Gasteiger charge is 2.25. The summed E-state index contributed by atoms with van der Waals surface area (Å²) in [5.74, 6) is 2.59. The van der Waals surface area contributed by atoms with Crippen LogP contribution in [0.5, 0.6) is 5.75 Å². The van der Waals surface area contributed by atoms with E-state index in [1.807, 2.05) is 0 Å². The van der Waals surface area contributed by atoms with Crippen LogP contribution in [0.4, 0.5) is 0 Å². The van der Waals surface area contributed by atoms with Crippen molar-refractivity contribution in [2.75, 3.05) is 7.11 Å². The van der Waals surface area contributed by atoms with Crippen LogP contribution in [0.1, 0.15) is 37.8 Å². The van der Waals surface area contributed by atoms with E-state index in [1.165, 1.54) is 7.11 Å². The molecular formula is C17H22O5S. The molecule has 0 N–H and O–H groups in total. The zero-order valence-electron chi connectivity index (χ0n) is 13.9. The number of ketones is 1. The predicted octanol–water partition coefficient (Wildman–Crippen LogP) is 2.64. The Balaban J connectivity index is 3.18. The summed E-state index contributed by atoms with van der Waals surface area (Å²) < 4.78 is 34.9. The topological polar surface area (TPSA) is 69.7 Å². The normalized spacial score (nSPS) is 11.3. The molecule has 1 aromatic carbocycles. The third kappa shape index (κ3) is 5.38. The number of aryl methyl sites for hydroxylation is 1. The number of methoxy groups -OCH3 is 1. The molecule has 0 bridgehead atoms. The number of rotatable bonds is 8. The molecule has 0 unspecified atom stereocenters. The van der Waals surface area contributed by atoms with Gasteiger partial charge in [-0.3, -0.25) is 8.98 Å². The molecule has 0 saturated carbocycles. The first-order valence-electron chi connectivity index (χ1n) is 7.27. The second-order valence-electron chi connectivity index (χ2n) is 5.46. The minimum absolute atomic E-state index is 0.00144. The third-order valence-electron chi connectivity index (χ3n) is 3.04. The number of benzene rings is 1. The van der Waals surface area contributed by atoms with Crippen molar-refractivity contribution in [1.29, 1.82) is 0 Å². The van der Waals surface area contributed by atoms with E-state index in [0.717, 1.165) is 0 Å². The fourth-order valence-electron chi connectivity index (χ4n) is 2.22. The van der Waals surface area contributed by atoms with Gasteiger partial charge >= 0.3 is 10.1 Å². The van der Waals surface area contributed by atoms with Crippen LogP contribution in [0.3, 0.4) is 0 Å². The molecule has 1 aromatic rings. The smallest absolute Gasteiger partial charge is 0.301 e. The van der Waals surface area contributed by atoms with E-state index in [4.69, 9.17) is 15.3 Å². The van der Waals surface area contributed by atoms with Gasteiger partial charge in [-0.2, -0.15) is 8.42 Å². The van der Waals surface area contributed by atoms with Crippen LogP contribution in [-0.4, -0.2) is 27.4 Å². The van der Waals surface area contributed by atoms with E-state index in [2.05, 4.69) is 5.92 Å². The van der Waals surface area contributed by atoms with Gasteiger partial charge in [0, 0.05) is 19.3 Å². The first-order valence-corrected chi connectivity index (χ1v) is 8.68. The molecule has 23 heavy (non-hydrogen) atoms. The van der Waals surface area contributed by atoms with Gasteiger partial charge in [-0.1, -0.05) is 6.07 Å². The van der Waals surface area contributed by atoms with Gasteiger partial charge in [0.05, 0.1) is 13.2 Å².